The summed E-state index contributed by atoms with van der Waals surface area (Å²) in [5.41, 5.74) is 0. The predicted molar refractivity (Wildman–Crippen MR) is 74.5 cm³/mol. The van der Waals surface area contributed by atoms with E-state index in [4.69, 9.17) is 0 Å². The molecule has 96 valence electrons. The van der Waals surface area contributed by atoms with E-state index in [-0.39, 0.29) is 0 Å². The van der Waals surface area contributed by atoms with Gasteiger partial charge in [0.1, 0.15) is 0 Å². The average Bonchev–Trinajstić information content (AvgIpc) is 3.09. The van der Waals surface area contributed by atoms with Gasteiger partial charge >= 0.3 is 0 Å². The van der Waals surface area contributed by atoms with Crippen molar-refractivity contribution in [1.29, 1.82) is 0 Å². The van der Waals surface area contributed by atoms with E-state index in [2.05, 4.69) is 38.4 Å². The zero-order chi connectivity index (χ0) is 13.2. The van der Waals surface area contributed by atoms with Gasteiger partial charge in [-0.25, -0.2) is 4.68 Å². The molecule has 0 saturated carbocycles. The number of hydrogen-bond donors (Lipinski definition) is 1. The minimum Gasteiger partial charge on any atom is -0.357 e. The third-order valence-electron chi connectivity index (χ3n) is 2.52. The summed E-state index contributed by atoms with van der Waals surface area (Å²) in [4.78, 5) is 15.4. The van der Waals surface area contributed by atoms with Crippen LogP contribution >= 0.6 is 11.3 Å². The molecule has 0 radical (unpaired) electrons. The summed E-state index contributed by atoms with van der Waals surface area (Å²) in [6.07, 6.45) is 3.50. The van der Waals surface area contributed by atoms with Crippen LogP contribution in [0.2, 0.25) is 0 Å². The Morgan fingerprint density at radius 2 is 2.11 bits per heavy atom. The predicted octanol–water partition coefficient (Wildman–Crippen LogP) is 2.14. The maximum Gasteiger partial charge on any atom is 0.255 e. The smallest absolute Gasteiger partial charge is 0.255 e. The fourth-order valence-electron chi connectivity index (χ4n) is 1.63. The highest BCUT2D eigenvalue weighted by molar-refractivity contribution is 7.15. The van der Waals surface area contributed by atoms with Crippen molar-refractivity contribution in [3.8, 4) is 16.6 Å². The van der Waals surface area contributed by atoms with E-state index >= 15 is 0 Å². The molecule has 0 saturated heterocycles. The van der Waals surface area contributed by atoms with Crippen LogP contribution in [-0.2, 0) is 0 Å². The molecule has 0 aromatic carbocycles. The Hall–Kier alpha value is -2.28. The Morgan fingerprint density at radius 1 is 1.21 bits per heavy atom. The first-order valence-corrected chi connectivity index (χ1v) is 6.58. The van der Waals surface area contributed by atoms with Crippen LogP contribution in [-0.4, -0.2) is 31.8 Å². The van der Waals surface area contributed by atoms with Gasteiger partial charge in [-0.2, -0.15) is 20.1 Å². The second-order valence-electron chi connectivity index (χ2n) is 3.89. The van der Waals surface area contributed by atoms with E-state index in [0.717, 1.165) is 4.88 Å². The standard InChI is InChI=1S/C12H12N6S/c1-8-4-5-9(19-8)10-15-11(13-2)17-12(16-10)18-7-3-6-14-18/h3-7H,1-2H3,(H,13,15,16,17). The molecule has 0 aliphatic carbocycles. The molecule has 6 nitrogen and oxygen atoms in total. The maximum atomic E-state index is 4.46. The van der Waals surface area contributed by atoms with Crippen LogP contribution in [0.25, 0.3) is 16.6 Å². The third-order valence-corrected chi connectivity index (χ3v) is 3.51. The Bertz CT molecular complexity index is 688. The molecule has 3 heterocycles. The van der Waals surface area contributed by atoms with Crippen LogP contribution in [0.1, 0.15) is 4.88 Å². The molecule has 0 fully saturated rings. The number of aryl methyl sites for hydroxylation is 1. The topological polar surface area (TPSA) is 68.5 Å². The lowest BCUT2D eigenvalue weighted by Gasteiger charge is -2.05. The molecule has 3 rings (SSSR count). The largest absolute Gasteiger partial charge is 0.357 e. The lowest BCUT2D eigenvalue weighted by molar-refractivity contribution is 0.800. The summed E-state index contributed by atoms with van der Waals surface area (Å²) < 4.78 is 1.62. The molecule has 1 N–H and O–H groups in total. The first kappa shape index (κ1) is 11.8. The minimum atomic E-state index is 0.505. The molecule has 3 aromatic heterocycles. The summed E-state index contributed by atoms with van der Waals surface area (Å²) in [5, 5.41) is 7.09. The van der Waals surface area contributed by atoms with E-state index < -0.39 is 0 Å². The second-order valence-corrected chi connectivity index (χ2v) is 5.18. The van der Waals surface area contributed by atoms with E-state index in [1.54, 1.807) is 35.5 Å². The number of aromatic nitrogens is 5. The van der Waals surface area contributed by atoms with Crippen LogP contribution in [0.4, 0.5) is 5.95 Å². The molecular weight excluding hydrogens is 260 g/mol. The molecule has 0 atom stereocenters. The normalized spacial score (nSPS) is 10.6. The highest BCUT2D eigenvalue weighted by Crippen LogP contribution is 2.25. The Balaban J connectivity index is 2.12. The fourth-order valence-corrected chi connectivity index (χ4v) is 2.43. The van der Waals surface area contributed by atoms with Gasteiger partial charge in [0, 0.05) is 24.3 Å². The zero-order valence-electron chi connectivity index (χ0n) is 10.5. The van der Waals surface area contributed by atoms with Crippen LogP contribution in [0.5, 0.6) is 0 Å². The Morgan fingerprint density at radius 3 is 2.74 bits per heavy atom. The van der Waals surface area contributed by atoms with Crippen molar-refractivity contribution in [3.63, 3.8) is 0 Å². The van der Waals surface area contributed by atoms with Crippen LogP contribution in [0, 0.1) is 6.92 Å². The molecule has 0 amide bonds. The Kier molecular flexibility index (Phi) is 2.96. The fraction of sp³-hybridized carbons (Fsp3) is 0.167. The van der Waals surface area contributed by atoms with Crippen LogP contribution < -0.4 is 5.32 Å². The summed E-state index contributed by atoms with van der Waals surface area (Å²) >= 11 is 1.66. The van der Waals surface area contributed by atoms with Gasteiger partial charge in [0.2, 0.25) is 5.95 Å². The molecule has 0 bridgehead atoms. The van der Waals surface area contributed by atoms with Crippen molar-refractivity contribution in [1.82, 2.24) is 24.7 Å². The highest BCUT2D eigenvalue weighted by Gasteiger charge is 2.10. The SMILES string of the molecule is CNc1nc(-c2ccc(C)s2)nc(-n2cccn2)n1. The third kappa shape index (κ3) is 2.32. The van der Waals surface area contributed by atoms with Crippen molar-refractivity contribution in [2.75, 3.05) is 12.4 Å². The zero-order valence-corrected chi connectivity index (χ0v) is 11.3. The van der Waals surface area contributed by atoms with Crippen molar-refractivity contribution in [2.45, 2.75) is 6.92 Å². The van der Waals surface area contributed by atoms with E-state index in [1.807, 2.05) is 12.1 Å². The number of nitrogens with zero attached hydrogens (tertiary/aromatic N) is 5. The van der Waals surface area contributed by atoms with Gasteiger partial charge in [-0.05, 0) is 25.1 Å². The number of thiophene rings is 1. The number of nitrogens with one attached hydrogen (secondary N) is 1. The van der Waals surface area contributed by atoms with Crippen molar-refractivity contribution < 1.29 is 0 Å². The first-order valence-electron chi connectivity index (χ1n) is 5.77. The van der Waals surface area contributed by atoms with Crippen LogP contribution in [0.3, 0.4) is 0 Å². The lowest BCUT2D eigenvalue weighted by Crippen LogP contribution is -2.07. The summed E-state index contributed by atoms with van der Waals surface area (Å²) in [6.45, 7) is 2.06. The van der Waals surface area contributed by atoms with Gasteiger partial charge < -0.3 is 5.32 Å². The molecular formula is C12H12N6S. The quantitative estimate of drug-likeness (QED) is 0.791. The average molecular weight is 272 g/mol. The Labute approximate surface area is 114 Å². The molecule has 7 heteroatoms. The number of rotatable bonds is 3. The van der Waals surface area contributed by atoms with Crippen molar-refractivity contribution in [2.24, 2.45) is 0 Å². The molecule has 0 aliphatic rings. The van der Waals surface area contributed by atoms with Gasteiger partial charge in [-0.3, -0.25) is 0 Å². The summed E-state index contributed by atoms with van der Waals surface area (Å²) in [7, 11) is 1.78. The summed E-state index contributed by atoms with van der Waals surface area (Å²) in [6, 6.07) is 5.90. The molecule has 3 aromatic rings. The van der Waals surface area contributed by atoms with Crippen molar-refractivity contribution >= 4 is 17.3 Å². The van der Waals surface area contributed by atoms with Gasteiger partial charge in [0.05, 0.1) is 4.88 Å². The second kappa shape index (κ2) is 4.77. The first-order chi connectivity index (χ1) is 9.26. The van der Waals surface area contributed by atoms with Gasteiger partial charge in [-0.1, -0.05) is 0 Å². The highest BCUT2D eigenvalue weighted by atomic mass is 32.1. The van der Waals surface area contributed by atoms with Crippen LogP contribution in [0.15, 0.2) is 30.6 Å². The van der Waals surface area contributed by atoms with Gasteiger partial charge in [0.15, 0.2) is 5.82 Å². The number of anilines is 1. The molecule has 0 aliphatic heterocycles. The molecule has 0 spiro atoms. The van der Waals surface area contributed by atoms with Gasteiger partial charge in [0.25, 0.3) is 5.95 Å². The minimum absolute atomic E-state index is 0.505. The summed E-state index contributed by atoms with van der Waals surface area (Å²) in [5.74, 6) is 1.69. The lowest BCUT2D eigenvalue weighted by atomic mass is 10.4. The van der Waals surface area contributed by atoms with Gasteiger partial charge in [-0.15, -0.1) is 11.3 Å². The van der Waals surface area contributed by atoms with E-state index in [0.29, 0.717) is 17.7 Å². The maximum absolute atomic E-state index is 4.46. The molecule has 19 heavy (non-hydrogen) atoms. The monoisotopic (exact) mass is 272 g/mol. The van der Waals surface area contributed by atoms with E-state index in [1.165, 1.54) is 4.88 Å². The van der Waals surface area contributed by atoms with E-state index in [9.17, 15) is 0 Å². The molecule has 0 unspecified atom stereocenters. The van der Waals surface area contributed by atoms with Crippen molar-refractivity contribution in [3.05, 3.63) is 35.5 Å². The number of hydrogen-bond acceptors (Lipinski definition) is 6.